The van der Waals surface area contributed by atoms with Crippen LogP contribution >= 0.6 is 11.3 Å². The first-order valence-electron chi connectivity index (χ1n) is 9.10. The number of rotatable bonds is 4. The Morgan fingerprint density at radius 1 is 1.41 bits per heavy atom. The topological polar surface area (TPSA) is 67.0 Å². The molecule has 3 aromatic rings. The Bertz CT molecular complexity index is 1010. The molecule has 1 aliphatic heterocycles. The van der Waals surface area contributed by atoms with Gasteiger partial charge in [-0.25, -0.2) is 14.2 Å². The number of carbonyl (C=O) groups is 1. The number of aromatic nitrogens is 2. The van der Waals surface area contributed by atoms with Crippen molar-refractivity contribution in [2.75, 3.05) is 13.7 Å². The number of imidazole rings is 1. The highest BCUT2D eigenvalue weighted by Crippen LogP contribution is 2.39. The lowest BCUT2D eigenvalue weighted by atomic mass is 9.96. The van der Waals surface area contributed by atoms with Crippen molar-refractivity contribution in [3.8, 4) is 10.7 Å². The molecule has 1 aromatic carbocycles. The van der Waals surface area contributed by atoms with Crippen LogP contribution in [0.25, 0.3) is 21.7 Å². The molecule has 142 valence electrons. The molecule has 0 spiro atoms. The summed E-state index contributed by atoms with van der Waals surface area (Å²) in [6, 6.07) is 5.05. The number of methoxy groups -OCH3 is 1. The minimum Gasteiger partial charge on any atom is -0.465 e. The van der Waals surface area contributed by atoms with Crippen LogP contribution in [-0.4, -0.2) is 29.6 Å². The SMILES string of the molecule is COC(=O)c1cc(F)cc2[nH]c(-c3cc4c(s3)C(CC(C)C)NCC4)nc12. The first-order valence-corrected chi connectivity index (χ1v) is 9.92. The molecule has 2 N–H and O–H groups in total. The van der Waals surface area contributed by atoms with Crippen LogP contribution in [0.5, 0.6) is 0 Å². The van der Waals surface area contributed by atoms with Gasteiger partial charge >= 0.3 is 5.97 Å². The summed E-state index contributed by atoms with van der Waals surface area (Å²) in [6.07, 6.45) is 2.08. The Balaban J connectivity index is 1.77. The molecule has 0 radical (unpaired) electrons. The third-order valence-corrected chi connectivity index (χ3v) is 6.14. The molecule has 0 bridgehead atoms. The minimum atomic E-state index is -0.593. The number of thiophene rings is 1. The van der Waals surface area contributed by atoms with E-state index in [0.29, 0.717) is 28.8 Å². The highest BCUT2D eigenvalue weighted by Gasteiger charge is 2.25. The number of esters is 1. The Morgan fingerprint density at radius 2 is 2.22 bits per heavy atom. The molecule has 0 amide bonds. The second-order valence-corrected chi connectivity index (χ2v) is 8.40. The van der Waals surface area contributed by atoms with Gasteiger partial charge in [0.15, 0.2) is 0 Å². The van der Waals surface area contributed by atoms with Gasteiger partial charge in [0.2, 0.25) is 0 Å². The molecule has 1 atom stereocenters. The number of H-pyrrole nitrogens is 1. The molecule has 7 heteroatoms. The van der Waals surface area contributed by atoms with Gasteiger partial charge in [0.05, 0.1) is 23.1 Å². The van der Waals surface area contributed by atoms with E-state index in [1.54, 1.807) is 11.3 Å². The van der Waals surface area contributed by atoms with Crippen LogP contribution in [0.1, 0.15) is 47.1 Å². The summed E-state index contributed by atoms with van der Waals surface area (Å²) in [5.74, 6) is 0.174. The Labute approximate surface area is 161 Å². The van der Waals surface area contributed by atoms with Gasteiger partial charge in [-0.1, -0.05) is 13.8 Å². The quantitative estimate of drug-likeness (QED) is 0.649. The van der Waals surface area contributed by atoms with Gasteiger partial charge in [-0.3, -0.25) is 0 Å². The normalized spacial score (nSPS) is 16.7. The molecule has 0 saturated heterocycles. The highest BCUT2D eigenvalue weighted by atomic mass is 32.1. The van der Waals surface area contributed by atoms with E-state index < -0.39 is 11.8 Å². The average Bonchev–Trinajstić information content (AvgIpc) is 3.24. The predicted octanol–water partition coefficient (Wildman–Crippen LogP) is 4.45. The fourth-order valence-electron chi connectivity index (χ4n) is 3.65. The molecule has 1 aliphatic rings. The number of hydrogen-bond donors (Lipinski definition) is 2. The number of halogens is 1. The second kappa shape index (κ2) is 7.05. The van der Waals surface area contributed by atoms with Crippen molar-refractivity contribution in [1.29, 1.82) is 0 Å². The van der Waals surface area contributed by atoms with Gasteiger partial charge in [-0.2, -0.15) is 0 Å². The maximum atomic E-state index is 13.9. The van der Waals surface area contributed by atoms with Crippen LogP contribution in [0.15, 0.2) is 18.2 Å². The van der Waals surface area contributed by atoms with E-state index in [9.17, 15) is 9.18 Å². The lowest BCUT2D eigenvalue weighted by Crippen LogP contribution is -2.29. The summed E-state index contributed by atoms with van der Waals surface area (Å²) in [5, 5.41) is 3.61. The minimum absolute atomic E-state index is 0.135. The first-order chi connectivity index (χ1) is 13.0. The largest absolute Gasteiger partial charge is 0.465 e. The molecular weight excluding hydrogens is 365 g/mol. The van der Waals surface area contributed by atoms with Gasteiger partial charge in [-0.05, 0) is 49.1 Å². The van der Waals surface area contributed by atoms with Crippen LogP contribution in [-0.2, 0) is 11.2 Å². The molecule has 1 unspecified atom stereocenters. The van der Waals surface area contributed by atoms with E-state index in [0.717, 1.165) is 24.3 Å². The van der Waals surface area contributed by atoms with Crippen molar-refractivity contribution in [1.82, 2.24) is 15.3 Å². The zero-order chi connectivity index (χ0) is 19.1. The van der Waals surface area contributed by atoms with Crippen molar-refractivity contribution in [2.45, 2.75) is 32.7 Å². The summed E-state index contributed by atoms with van der Waals surface area (Å²) < 4.78 is 18.7. The van der Waals surface area contributed by atoms with Gasteiger partial charge in [-0.15, -0.1) is 11.3 Å². The molecular formula is C20H22FN3O2S. The van der Waals surface area contributed by atoms with Crippen molar-refractivity contribution in [3.05, 3.63) is 40.0 Å². The van der Waals surface area contributed by atoms with Crippen LogP contribution in [0.4, 0.5) is 4.39 Å². The zero-order valence-electron chi connectivity index (χ0n) is 15.6. The average molecular weight is 387 g/mol. The molecule has 0 aliphatic carbocycles. The smallest absolute Gasteiger partial charge is 0.340 e. The molecule has 27 heavy (non-hydrogen) atoms. The van der Waals surface area contributed by atoms with Crippen molar-refractivity contribution in [2.24, 2.45) is 5.92 Å². The zero-order valence-corrected chi connectivity index (χ0v) is 16.4. The van der Waals surface area contributed by atoms with Gasteiger partial charge in [0.25, 0.3) is 0 Å². The number of hydrogen-bond acceptors (Lipinski definition) is 5. The number of nitrogens with zero attached hydrogens (tertiary/aromatic N) is 1. The Kier molecular flexibility index (Phi) is 4.74. The lowest BCUT2D eigenvalue weighted by Gasteiger charge is -2.25. The number of ether oxygens (including phenoxy) is 1. The fraction of sp³-hybridized carbons (Fsp3) is 0.400. The van der Waals surface area contributed by atoms with Gasteiger partial charge in [0, 0.05) is 10.9 Å². The lowest BCUT2D eigenvalue weighted by molar-refractivity contribution is 0.0602. The van der Waals surface area contributed by atoms with E-state index in [2.05, 4.69) is 35.2 Å². The van der Waals surface area contributed by atoms with Crippen molar-refractivity contribution < 1.29 is 13.9 Å². The second-order valence-electron chi connectivity index (χ2n) is 7.31. The third kappa shape index (κ3) is 3.37. The number of benzene rings is 1. The summed E-state index contributed by atoms with van der Waals surface area (Å²) in [6.45, 7) is 5.43. The number of carbonyl (C=O) groups excluding carboxylic acids is 1. The van der Waals surface area contributed by atoms with E-state index >= 15 is 0 Å². The summed E-state index contributed by atoms with van der Waals surface area (Å²) in [7, 11) is 1.28. The van der Waals surface area contributed by atoms with Crippen LogP contribution in [0.3, 0.4) is 0 Å². The third-order valence-electron chi connectivity index (χ3n) is 4.84. The van der Waals surface area contributed by atoms with E-state index in [-0.39, 0.29) is 5.56 Å². The molecule has 3 heterocycles. The van der Waals surface area contributed by atoms with Gasteiger partial charge in [0.1, 0.15) is 17.2 Å². The van der Waals surface area contributed by atoms with Crippen LogP contribution in [0, 0.1) is 11.7 Å². The van der Waals surface area contributed by atoms with Crippen LogP contribution < -0.4 is 5.32 Å². The molecule has 0 fully saturated rings. The molecule has 2 aromatic heterocycles. The predicted molar refractivity (Wildman–Crippen MR) is 105 cm³/mol. The monoisotopic (exact) mass is 387 g/mol. The van der Waals surface area contributed by atoms with Crippen LogP contribution in [0.2, 0.25) is 0 Å². The Hall–Kier alpha value is -2.25. The highest BCUT2D eigenvalue weighted by molar-refractivity contribution is 7.15. The summed E-state index contributed by atoms with van der Waals surface area (Å²) >= 11 is 1.71. The van der Waals surface area contributed by atoms with E-state index in [1.165, 1.54) is 29.7 Å². The molecule has 5 nitrogen and oxygen atoms in total. The van der Waals surface area contributed by atoms with Crippen molar-refractivity contribution in [3.63, 3.8) is 0 Å². The van der Waals surface area contributed by atoms with E-state index in [4.69, 9.17) is 4.74 Å². The summed E-state index contributed by atoms with van der Waals surface area (Å²) in [5.41, 5.74) is 2.41. The maximum absolute atomic E-state index is 13.9. The number of fused-ring (bicyclic) bond motifs is 2. The Morgan fingerprint density at radius 3 is 2.96 bits per heavy atom. The molecule has 4 rings (SSSR count). The number of nitrogens with one attached hydrogen (secondary N) is 2. The van der Waals surface area contributed by atoms with E-state index in [1.807, 2.05) is 0 Å². The maximum Gasteiger partial charge on any atom is 0.340 e. The number of aromatic amines is 1. The van der Waals surface area contributed by atoms with Gasteiger partial charge < -0.3 is 15.0 Å². The summed E-state index contributed by atoms with van der Waals surface area (Å²) in [4.78, 5) is 22.1. The first kappa shape index (κ1) is 18.1. The fourth-order valence-corrected chi connectivity index (χ4v) is 4.90. The molecule has 0 saturated carbocycles. The van der Waals surface area contributed by atoms with Crippen molar-refractivity contribution >= 4 is 28.3 Å². The standard InChI is InChI=1S/C20H22FN3O2S/c1-10(2)6-15-18-11(4-5-22-15)7-16(27-18)19-23-14-9-12(21)8-13(17(14)24-19)20(25)26-3/h7-10,15,22H,4-6H2,1-3H3,(H,23,24).